The fourth-order valence-electron chi connectivity index (χ4n) is 3.26. The topological polar surface area (TPSA) is 52.2 Å². The molecule has 3 rings (SSSR count). The number of H-pyrrole nitrogens is 1. The first-order valence-corrected chi connectivity index (χ1v) is 8.81. The predicted octanol–water partition coefficient (Wildman–Crippen LogP) is 3.02. The minimum Gasteiger partial charge on any atom is -0.356 e. The Morgan fingerprint density at radius 3 is 2.39 bits per heavy atom. The Labute approximate surface area is 141 Å². The van der Waals surface area contributed by atoms with Gasteiger partial charge in [0.25, 0.3) is 0 Å². The standard InChI is InChI=1S/C17H24N4OS/c1-10-14(12(3)22)11(2)18-15(10)16-13(4)23-17(19-16)21-8-6-20(5)7-9-21/h18H,6-9H2,1-5H3. The van der Waals surface area contributed by atoms with Gasteiger partial charge in [-0.15, -0.1) is 11.3 Å². The second-order valence-corrected chi connectivity index (χ2v) is 7.55. The normalized spacial score (nSPS) is 16.1. The fraction of sp³-hybridized carbons (Fsp3) is 0.529. The summed E-state index contributed by atoms with van der Waals surface area (Å²) in [6.45, 7) is 11.9. The molecule has 23 heavy (non-hydrogen) atoms. The van der Waals surface area contributed by atoms with Gasteiger partial charge in [0.15, 0.2) is 10.9 Å². The molecule has 3 heterocycles. The van der Waals surface area contributed by atoms with Crippen LogP contribution >= 0.6 is 11.3 Å². The SMILES string of the molecule is CC(=O)c1c(C)[nH]c(-c2nc(N3CCN(C)CC3)sc2C)c1C. The molecule has 5 nitrogen and oxygen atoms in total. The lowest BCUT2D eigenvalue weighted by Crippen LogP contribution is -2.44. The number of thiazole rings is 1. The highest BCUT2D eigenvalue weighted by atomic mass is 32.1. The minimum absolute atomic E-state index is 0.106. The van der Waals surface area contributed by atoms with Crippen molar-refractivity contribution in [1.29, 1.82) is 0 Å². The number of rotatable bonds is 3. The summed E-state index contributed by atoms with van der Waals surface area (Å²) in [7, 11) is 2.16. The molecule has 124 valence electrons. The number of carbonyl (C=O) groups excluding carboxylic acids is 1. The van der Waals surface area contributed by atoms with E-state index in [1.54, 1.807) is 18.3 Å². The molecule has 6 heteroatoms. The van der Waals surface area contributed by atoms with Gasteiger partial charge in [-0.1, -0.05) is 0 Å². The van der Waals surface area contributed by atoms with Crippen molar-refractivity contribution in [2.45, 2.75) is 27.7 Å². The molecule has 1 N–H and O–H groups in total. The zero-order chi connectivity index (χ0) is 16.7. The number of hydrogen-bond acceptors (Lipinski definition) is 5. The lowest BCUT2D eigenvalue weighted by Gasteiger charge is -2.32. The third-order valence-corrected chi connectivity index (χ3v) is 5.62. The van der Waals surface area contributed by atoms with E-state index < -0.39 is 0 Å². The highest BCUT2D eigenvalue weighted by molar-refractivity contribution is 7.16. The number of piperazine rings is 1. The van der Waals surface area contributed by atoms with E-state index in [1.807, 2.05) is 13.8 Å². The second kappa shape index (κ2) is 6.09. The Balaban J connectivity index is 1.96. The number of nitrogens with zero attached hydrogens (tertiary/aromatic N) is 3. The quantitative estimate of drug-likeness (QED) is 0.878. The van der Waals surface area contributed by atoms with Crippen molar-refractivity contribution in [2.24, 2.45) is 0 Å². The number of hydrogen-bond donors (Lipinski definition) is 1. The zero-order valence-corrected chi connectivity index (χ0v) is 15.3. The van der Waals surface area contributed by atoms with Gasteiger partial charge in [0, 0.05) is 42.3 Å². The summed E-state index contributed by atoms with van der Waals surface area (Å²) in [5.41, 5.74) is 4.71. The summed E-state index contributed by atoms with van der Waals surface area (Å²) >= 11 is 1.74. The largest absolute Gasteiger partial charge is 0.356 e. The molecule has 0 bridgehead atoms. The molecule has 0 radical (unpaired) electrons. The zero-order valence-electron chi connectivity index (χ0n) is 14.5. The molecule has 1 saturated heterocycles. The molecular formula is C17H24N4OS. The van der Waals surface area contributed by atoms with Gasteiger partial charge in [0.2, 0.25) is 0 Å². The lowest BCUT2D eigenvalue weighted by atomic mass is 10.1. The second-order valence-electron chi connectivity index (χ2n) is 6.37. The summed E-state index contributed by atoms with van der Waals surface area (Å²) < 4.78 is 0. The van der Waals surface area contributed by atoms with Gasteiger partial charge >= 0.3 is 0 Å². The van der Waals surface area contributed by atoms with Crippen molar-refractivity contribution in [2.75, 3.05) is 38.1 Å². The molecule has 2 aromatic rings. The van der Waals surface area contributed by atoms with Crippen molar-refractivity contribution in [3.05, 3.63) is 21.7 Å². The smallest absolute Gasteiger partial charge is 0.186 e. The van der Waals surface area contributed by atoms with Crippen LogP contribution in [0.25, 0.3) is 11.4 Å². The van der Waals surface area contributed by atoms with E-state index >= 15 is 0 Å². The van der Waals surface area contributed by atoms with E-state index in [-0.39, 0.29) is 5.78 Å². The Morgan fingerprint density at radius 2 is 1.83 bits per heavy atom. The van der Waals surface area contributed by atoms with Crippen LogP contribution in [0.3, 0.4) is 0 Å². The number of aromatic nitrogens is 2. The summed E-state index contributed by atoms with van der Waals surface area (Å²) in [5, 5.41) is 1.08. The molecule has 0 spiro atoms. The number of likely N-dealkylation sites (N-methyl/N-ethyl adjacent to an activating group) is 1. The van der Waals surface area contributed by atoms with Gasteiger partial charge in [0.05, 0.1) is 5.69 Å². The Bertz CT molecular complexity index is 738. The minimum atomic E-state index is 0.106. The first-order chi connectivity index (χ1) is 10.9. The van der Waals surface area contributed by atoms with Gasteiger partial charge in [-0.25, -0.2) is 4.98 Å². The van der Waals surface area contributed by atoms with Crippen LogP contribution in [0.15, 0.2) is 0 Å². The monoisotopic (exact) mass is 332 g/mol. The van der Waals surface area contributed by atoms with E-state index in [9.17, 15) is 4.79 Å². The number of carbonyl (C=O) groups is 1. The van der Waals surface area contributed by atoms with E-state index in [2.05, 4.69) is 28.8 Å². The summed E-state index contributed by atoms with van der Waals surface area (Å²) in [6, 6.07) is 0. The van der Waals surface area contributed by atoms with E-state index in [0.717, 1.165) is 59.5 Å². The molecule has 0 atom stereocenters. The van der Waals surface area contributed by atoms with Crippen molar-refractivity contribution < 1.29 is 4.79 Å². The van der Waals surface area contributed by atoms with Crippen LogP contribution < -0.4 is 4.90 Å². The molecular weight excluding hydrogens is 308 g/mol. The van der Waals surface area contributed by atoms with Crippen molar-refractivity contribution in [3.8, 4) is 11.4 Å². The molecule has 1 aliphatic heterocycles. The van der Waals surface area contributed by atoms with Gasteiger partial charge in [-0.2, -0.15) is 0 Å². The third kappa shape index (κ3) is 2.93. The predicted molar refractivity (Wildman–Crippen MR) is 95.8 cm³/mol. The molecule has 0 saturated carbocycles. The van der Waals surface area contributed by atoms with Crippen LogP contribution in [-0.2, 0) is 0 Å². The molecule has 2 aromatic heterocycles. The van der Waals surface area contributed by atoms with Gasteiger partial charge in [-0.05, 0) is 40.3 Å². The van der Waals surface area contributed by atoms with E-state index in [4.69, 9.17) is 4.98 Å². The van der Waals surface area contributed by atoms with Crippen LogP contribution in [0.2, 0.25) is 0 Å². The van der Waals surface area contributed by atoms with E-state index in [1.165, 1.54) is 4.88 Å². The summed E-state index contributed by atoms with van der Waals surface area (Å²) in [4.78, 5) is 26.0. The maximum absolute atomic E-state index is 11.8. The molecule has 0 amide bonds. The Morgan fingerprint density at radius 1 is 1.17 bits per heavy atom. The van der Waals surface area contributed by atoms with Crippen LogP contribution in [-0.4, -0.2) is 53.9 Å². The maximum atomic E-state index is 11.8. The number of aryl methyl sites for hydroxylation is 2. The number of Topliss-reactive ketones (excluding diaryl/α,β-unsaturated/α-hetero) is 1. The van der Waals surface area contributed by atoms with Gasteiger partial charge in [-0.3, -0.25) is 4.79 Å². The molecule has 1 fully saturated rings. The lowest BCUT2D eigenvalue weighted by molar-refractivity contribution is 0.101. The van der Waals surface area contributed by atoms with Crippen molar-refractivity contribution >= 4 is 22.3 Å². The average Bonchev–Trinajstić information content (AvgIpc) is 3.00. The molecule has 1 aliphatic rings. The van der Waals surface area contributed by atoms with Crippen LogP contribution in [0, 0.1) is 20.8 Å². The molecule has 0 aromatic carbocycles. The number of nitrogens with one attached hydrogen (secondary N) is 1. The number of aromatic amines is 1. The van der Waals surface area contributed by atoms with E-state index in [0.29, 0.717) is 0 Å². The Hall–Kier alpha value is -1.66. The highest BCUT2D eigenvalue weighted by Crippen LogP contribution is 2.35. The van der Waals surface area contributed by atoms with Crippen molar-refractivity contribution in [1.82, 2.24) is 14.9 Å². The number of anilines is 1. The first kappa shape index (κ1) is 16.2. The first-order valence-electron chi connectivity index (χ1n) is 8.00. The fourth-order valence-corrected chi connectivity index (χ4v) is 4.23. The maximum Gasteiger partial charge on any atom is 0.186 e. The van der Waals surface area contributed by atoms with Gasteiger partial charge in [0.1, 0.15) is 5.69 Å². The third-order valence-electron chi connectivity index (χ3n) is 4.59. The summed E-state index contributed by atoms with van der Waals surface area (Å²) in [6.07, 6.45) is 0. The van der Waals surface area contributed by atoms with Gasteiger partial charge < -0.3 is 14.8 Å². The number of ketones is 1. The Kier molecular flexibility index (Phi) is 4.29. The average molecular weight is 332 g/mol. The van der Waals surface area contributed by atoms with Crippen molar-refractivity contribution in [3.63, 3.8) is 0 Å². The molecule has 0 unspecified atom stereocenters. The summed E-state index contributed by atoms with van der Waals surface area (Å²) in [5.74, 6) is 0.106. The van der Waals surface area contributed by atoms with Crippen LogP contribution in [0.4, 0.5) is 5.13 Å². The van der Waals surface area contributed by atoms with Crippen LogP contribution in [0.5, 0.6) is 0 Å². The highest BCUT2D eigenvalue weighted by Gasteiger charge is 2.23. The van der Waals surface area contributed by atoms with Crippen LogP contribution in [0.1, 0.15) is 33.4 Å². The molecule has 0 aliphatic carbocycles.